The minimum Gasteiger partial charge on any atom is -0.352 e. The monoisotopic (exact) mass is 339 g/mol. The summed E-state index contributed by atoms with van der Waals surface area (Å²) in [7, 11) is 0. The normalized spacial score (nSPS) is 11.4. The zero-order valence-electron chi connectivity index (χ0n) is 15.9. The van der Waals surface area contributed by atoms with Crippen LogP contribution in [0.25, 0.3) is 0 Å². The number of hydrogen-bond acceptors (Lipinski definition) is 3. The lowest BCUT2D eigenvalue weighted by atomic mass is 9.87. The Balaban J connectivity index is 1.95. The Hall–Kier alpha value is -2.36. The maximum Gasteiger partial charge on any atom is 0.252 e. The molecule has 0 saturated carbocycles. The van der Waals surface area contributed by atoms with E-state index in [0.717, 1.165) is 17.9 Å². The quantitative estimate of drug-likeness (QED) is 0.787. The lowest BCUT2D eigenvalue weighted by Crippen LogP contribution is -2.25. The molecule has 0 saturated heterocycles. The molecule has 1 heterocycles. The van der Waals surface area contributed by atoms with Crippen molar-refractivity contribution < 1.29 is 4.79 Å². The van der Waals surface area contributed by atoms with Gasteiger partial charge in [-0.05, 0) is 47.6 Å². The number of nitrogens with zero attached hydrogens (tertiary/aromatic N) is 1. The van der Waals surface area contributed by atoms with Gasteiger partial charge in [-0.2, -0.15) is 0 Å². The fourth-order valence-electron chi connectivity index (χ4n) is 2.38. The van der Waals surface area contributed by atoms with E-state index in [2.05, 4.69) is 74.5 Å². The number of anilines is 2. The van der Waals surface area contributed by atoms with E-state index < -0.39 is 0 Å². The summed E-state index contributed by atoms with van der Waals surface area (Å²) in [6, 6.07) is 12.0. The second-order valence-corrected chi connectivity index (χ2v) is 7.82. The summed E-state index contributed by atoms with van der Waals surface area (Å²) >= 11 is 0. The minimum atomic E-state index is -0.0748. The van der Waals surface area contributed by atoms with Crippen LogP contribution in [0.15, 0.2) is 42.6 Å². The average molecular weight is 339 g/mol. The number of nitrogens with one attached hydrogen (secondary N) is 2. The van der Waals surface area contributed by atoms with Gasteiger partial charge in [0.05, 0.1) is 5.56 Å². The van der Waals surface area contributed by atoms with E-state index in [9.17, 15) is 4.79 Å². The topological polar surface area (TPSA) is 54.0 Å². The molecule has 0 aliphatic rings. The molecule has 2 aromatic rings. The number of hydrogen-bond donors (Lipinski definition) is 2. The molecule has 0 unspecified atom stereocenters. The van der Waals surface area contributed by atoms with Gasteiger partial charge < -0.3 is 10.6 Å². The molecule has 0 radical (unpaired) electrons. The Morgan fingerprint density at radius 1 is 1.08 bits per heavy atom. The lowest BCUT2D eigenvalue weighted by molar-refractivity contribution is 0.0951. The van der Waals surface area contributed by atoms with E-state index in [1.54, 1.807) is 12.3 Å². The molecule has 134 valence electrons. The Kier molecular flexibility index (Phi) is 6.18. The molecule has 1 aromatic carbocycles. The van der Waals surface area contributed by atoms with Crippen molar-refractivity contribution in [2.45, 2.75) is 46.5 Å². The van der Waals surface area contributed by atoms with Gasteiger partial charge in [-0.3, -0.25) is 4.79 Å². The first-order chi connectivity index (χ1) is 11.8. The first-order valence-corrected chi connectivity index (χ1v) is 8.87. The Bertz CT molecular complexity index is 683. The smallest absolute Gasteiger partial charge is 0.252 e. The molecule has 0 aliphatic heterocycles. The lowest BCUT2D eigenvalue weighted by Gasteiger charge is -2.19. The van der Waals surface area contributed by atoms with Crippen LogP contribution in [0, 0.1) is 5.92 Å². The highest BCUT2D eigenvalue weighted by molar-refractivity contribution is 5.94. The molecule has 4 heteroatoms. The van der Waals surface area contributed by atoms with Crippen molar-refractivity contribution in [1.29, 1.82) is 0 Å². The highest BCUT2D eigenvalue weighted by Crippen LogP contribution is 2.24. The molecule has 0 aliphatic carbocycles. The number of benzene rings is 1. The fraction of sp³-hybridized carbons (Fsp3) is 0.429. The molecule has 1 amide bonds. The van der Waals surface area contributed by atoms with E-state index in [0.29, 0.717) is 18.0 Å². The van der Waals surface area contributed by atoms with Crippen LogP contribution in [-0.2, 0) is 5.41 Å². The van der Waals surface area contributed by atoms with Crippen LogP contribution in [0.4, 0.5) is 11.5 Å². The number of carbonyl (C=O) groups excluding carboxylic acids is 1. The molecule has 0 atom stereocenters. The molecule has 0 spiro atoms. The van der Waals surface area contributed by atoms with Gasteiger partial charge >= 0.3 is 0 Å². The third kappa shape index (κ3) is 5.89. The molecule has 4 nitrogen and oxygen atoms in total. The second-order valence-electron chi connectivity index (χ2n) is 7.82. The standard InChI is InChI=1S/C21H29N3O/c1-15(2)12-13-22-20(25)16-6-11-19(23-14-16)24-18-9-7-17(8-10-18)21(3,4)5/h6-11,14-15H,12-13H2,1-5H3,(H,22,25)(H,23,24). The van der Waals surface area contributed by atoms with Gasteiger partial charge in [0, 0.05) is 18.4 Å². The van der Waals surface area contributed by atoms with Crippen LogP contribution in [0.3, 0.4) is 0 Å². The Morgan fingerprint density at radius 2 is 1.76 bits per heavy atom. The van der Waals surface area contributed by atoms with Gasteiger partial charge in [0.2, 0.25) is 0 Å². The van der Waals surface area contributed by atoms with Gasteiger partial charge in [-0.1, -0.05) is 46.8 Å². The molecule has 0 fully saturated rings. The predicted octanol–water partition coefficient (Wildman–Crippen LogP) is 4.90. The summed E-state index contributed by atoms with van der Waals surface area (Å²) in [6.07, 6.45) is 2.58. The summed E-state index contributed by atoms with van der Waals surface area (Å²) in [4.78, 5) is 16.4. The molecule has 2 rings (SSSR count). The van der Waals surface area contributed by atoms with E-state index in [4.69, 9.17) is 0 Å². The van der Waals surface area contributed by atoms with Crippen molar-refractivity contribution in [3.63, 3.8) is 0 Å². The summed E-state index contributed by atoms with van der Waals surface area (Å²) in [5.41, 5.74) is 2.99. The van der Waals surface area contributed by atoms with Crippen LogP contribution in [0.5, 0.6) is 0 Å². The molecular weight excluding hydrogens is 310 g/mol. The minimum absolute atomic E-state index is 0.0748. The van der Waals surface area contributed by atoms with Crippen molar-refractivity contribution in [2.24, 2.45) is 5.92 Å². The van der Waals surface area contributed by atoms with Gasteiger partial charge in [0.1, 0.15) is 5.82 Å². The average Bonchev–Trinajstić information content (AvgIpc) is 2.55. The fourth-order valence-corrected chi connectivity index (χ4v) is 2.38. The number of carbonyl (C=O) groups is 1. The van der Waals surface area contributed by atoms with Gasteiger partial charge in [0.15, 0.2) is 0 Å². The van der Waals surface area contributed by atoms with Crippen LogP contribution < -0.4 is 10.6 Å². The summed E-state index contributed by atoms with van der Waals surface area (Å²) < 4.78 is 0. The SMILES string of the molecule is CC(C)CCNC(=O)c1ccc(Nc2ccc(C(C)(C)C)cc2)nc1. The van der Waals surface area contributed by atoms with E-state index >= 15 is 0 Å². The van der Waals surface area contributed by atoms with Crippen molar-refractivity contribution in [3.05, 3.63) is 53.7 Å². The highest BCUT2D eigenvalue weighted by Gasteiger charge is 2.13. The largest absolute Gasteiger partial charge is 0.352 e. The maximum absolute atomic E-state index is 12.1. The molecule has 2 N–H and O–H groups in total. The van der Waals surface area contributed by atoms with E-state index in [1.165, 1.54) is 5.56 Å². The zero-order valence-corrected chi connectivity index (χ0v) is 15.9. The van der Waals surface area contributed by atoms with Crippen molar-refractivity contribution in [3.8, 4) is 0 Å². The van der Waals surface area contributed by atoms with E-state index in [-0.39, 0.29) is 11.3 Å². The van der Waals surface area contributed by atoms with Crippen molar-refractivity contribution in [2.75, 3.05) is 11.9 Å². The first kappa shape index (κ1) is 19.0. The van der Waals surface area contributed by atoms with Gasteiger partial charge in [0.25, 0.3) is 5.91 Å². The maximum atomic E-state index is 12.1. The predicted molar refractivity (Wildman–Crippen MR) is 104 cm³/mol. The van der Waals surface area contributed by atoms with Crippen LogP contribution >= 0.6 is 0 Å². The third-order valence-corrected chi connectivity index (χ3v) is 4.06. The molecular formula is C21H29N3O. The number of aromatic nitrogens is 1. The Labute approximate surface area is 151 Å². The number of amides is 1. The number of rotatable bonds is 6. The van der Waals surface area contributed by atoms with Crippen LogP contribution in [0.2, 0.25) is 0 Å². The van der Waals surface area contributed by atoms with Crippen molar-refractivity contribution >= 4 is 17.4 Å². The van der Waals surface area contributed by atoms with Crippen molar-refractivity contribution in [1.82, 2.24) is 10.3 Å². The molecule has 25 heavy (non-hydrogen) atoms. The third-order valence-electron chi connectivity index (χ3n) is 4.06. The zero-order chi connectivity index (χ0) is 18.4. The highest BCUT2D eigenvalue weighted by atomic mass is 16.1. The Morgan fingerprint density at radius 3 is 2.28 bits per heavy atom. The molecule has 1 aromatic heterocycles. The van der Waals surface area contributed by atoms with Gasteiger partial charge in [-0.15, -0.1) is 0 Å². The summed E-state index contributed by atoms with van der Waals surface area (Å²) in [6.45, 7) is 11.6. The molecule has 0 bridgehead atoms. The number of pyridine rings is 1. The van der Waals surface area contributed by atoms with Crippen LogP contribution in [-0.4, -0.2) is 17.4 Å². The van der Waals surface area contributed by atoms with Gasteiger partial charge in [-0.25, -0.2) is 4.98 Å². The van der Waals surface area contributed by atoms with E-state index in [1.807, 2.05) is 6.07 Å². The first-order valence-electron chi connectivity index (χ1n) is 8.87. The second kappa shape index (κ2) is 8.15. The summed E-state index contributed by atoms with van der Waals surface area (Å²) in [5, 5.41) is 6.18. The summed E-state index contributed by atoms with van der Waals surface area (Å²) in [5.74, 6) is 1.23. The van der Waals surface area contributed by atoms with Crippen LogP contribution in [0.1, 0.15) is 57.0 Å².